The highest BCUT2D eigenvalue weighted by Crippen LogP contribution is 2.38. The van der Waals surface area contributed by atoms with Gasteiger partial charge in [-0.2, -0.15) is 0 Å². The van der Waals surface area contributed by atoms with Crippen molar-refractivity contribution < 1.29 is 9.59 Å². The Labute approximate surface area is 190 Å². The minimum atomic E-state index is -0.593. The highest BCUT2D eigenvalue weighted by atomic mass is 16.2. The smallest absolute Gasteiger partial charge is 0.234 e. The van der Waals surface area contributed by atoms with E-state index in [0.29, 0.717) is 5.57 Å². The number of carbonyl (C=O) groups is 1. The monoisotopic (exact) mass is 435 g/mol. The summed E-state index contributed by atoms with van der Waals surface area (Å²) in [5, 5.41) is 6.84. The van der Waals surface area contributed by atoms with Crippen molar-refractivity contribution in [2.75, 3.05) is 44.6 Å². The Morgan fingerprint density at radius 2 is 1.94 bits per heavy atom. The first kappa shape index (κ1) is 22.3. The van der Waals surface area contributed by atoms with Gasteiger partial charge in [0, 0.05) is 57.1 Å². The van der Waals surface area contributed by atoms with Gasteiger partial charge in [-0.25, -0.2) is 4.79 Å². The molecule has 170 valence electrons. The lowest BCUT2D eigenvalue weighted by atomic mass is 9.85. The molecule has 0 aromatic carbocycles. The van der Waals surface area contributed by atoms with E-state index in [4.69, 9.17) is 0 Å². The first-order valence-electron chi connectivity index (χ1n) is 11.7. The fourth-order valence-corrected chi connectivity index (χ4v) is 4.76. The molecule has 3 aliphatic rings. The number of rotatable bonds is 5. The summed E-state index contributed by atoms with van der Waals surface area (Å²) in [5.41, 5.74) is 3.81. The lowest BCUT2D eigenvalue weighted by molar-refractivity contribution is -0.133. The number of aromatic nitrogens is 1. The Morgan fingerprint density at radius 3 is 2.62 bits per heavy atom. The molecule has 0 bridgehead atoms. The van der Waals surface area contributed by atoms with Gasteiger partial charge in [-0.15, -0.1) is 0 Å². The molecule has 1 aliphatic carbocycles. The van der Waals surface area contributed by atoms with E-state index >= 15 is 0 Å². The van der Waals surface area contributed by atoms with Gasteiger partial charge in [0.1, 0.15) is 5.94 Å². The average Bonchev–Trinajstić information content (AvgIpc) is 2.84. The number of hydrogen-bond acceptors (Lipinski definition) is 6. The maximum absolute atomic E-state index is 13.4. The molecule has 0 radical (unpaired) electrons. The average molecular weight is 436 g/mol. The number of amides is 1. The first-order valence-corrected chi connectivity index (χ1v) is 11.7. The third kappa shape index (κ3) is 4.64. The number of piperazine rings is 1. The first-order chi connectivity index (χ1) is 15.6. The summed E-state index contributed by atoms with van der Waals surface area (Å²) in [6.07, 6.45) is 8.82. The van der Waals surface area contributed by atoms with Gasteiger partial charge in [0.15, 0.2) is 0 Å². The van der Waals surface area contributed by atoms with E-state index in [1.165, 1.54) is 0 Å². The van der Waals surface area contributed by atoms with Crippen LogP contribution < -0.4 is 10.6 Å². The van der Waals surface area contributed by atoms with Crippen LogP contribution in [0.25, 0.3) is 5.57 Å². The van der Waals surface area contributed by atoms with E-state index in [1.54, 1.807) is 6.20 Å². The summed E-state index contributed by atoms with van der Waals surface area (Å²) >= 11 is 0. The van der Waals surface area contributed by atoms with E-state index in [2.05, 4.69) is 40.3 Å². The van der Waals surface area contributed by atoms with E-state index in [1.807, 2.05) is 29.2 Å². The van der Waals surface area contributed by atoms with Crippen molar-refractivity contribution >= 4 is 23.1 Å². The number of hydrogen-bond donors (Lipinski definition) is 2. The van der Waals surface area contributed by atoms with Crippen LogP contribution in [0.1, 0.15) is 38.8 Å². The molecule has 0 spiro atoms. The molecule has 2 fully saturated rings. The van der Waals surface area contributed by atoms with Crippen molar-refractivity contribution in [3.05, 3.63) is 47.4 Å². The normalized spacial score (nSPS) is 21.7. The fourth-order valence-electron chi connectivity index (χ4n) is 4.76. The molecule has 7 heteroatoms. The van der Waals surface area contributed by atoms with Crippen LogP contribution in [0.4, 0.5) is 5.69 Å². The molecule has 1 atom stereocenters. The van der Waals surface area contributed by atoms with Crippen LogP contribution in [0.5, 0.6) is 0 Å². The lowest BCUT2D eigenvalue weighted by Crippen LogP contribution is -2.46. The summed E-state index contributed by atoms with van der Waals surface area (Å²) in [6.45, 7) is 8.89. The Kier molecular flexibility index (Phi) is 7.08. The molecule has 1 aromatic rings. The maximum atomic E-state index is 13.4. The summed E-state index contributed by atoms with van der Waals surface area (Å²) in [7, 11) is 0. The molecule has 3 heterocycles. The maximum Gasteiger partial charge on any atom is 0.234 e. The Balaban J connectivity index is 1.78. The molecule has 1 unspecified atom stereocenters. The van der Waals surface area contributed by atoms with E-state index in [0.717, 1.165) is 81.2 Å². The third-order valence-corrected chi connectivity index (χ3v) is 6.26. The largest absolute Gasteiger partial charge is 0.381 e. The zero-order valence-electron chi connectivity index (χ0n) is 19.1. The SMILES string of the molecule is CC(C)Nc1cccnc1C1=C(N2CCNCC2)C(=C=O)C(C(=O)N2CCCCC2)C=C1. The van der Waals surface area contributed by atoms with Gasteiger partial charge in [-0.05, 0) is 45.2 Å². The van der Waals surface area contributed by atoms with Crippen LogP contribution >= 0.6 is 0 Å². The van der Waals surface area contributed by atoms with Gasteiger partial charge in [0.05, 0.1) is 28.6 Å². The van der Waals surface area contributed by atoms with Gasteiger partial charge in [0.2, 0.25) is 5.91 Å². The highest BCUT2D eigenvalue weighted by Gasteiger charge is 2.36. The minimum Gasteiger partial charge on any atom is -0.381 e. The summed E-state index contributed by atoms with van der Waals surface area (Å²) < 4.78 is 0. The number of nitrogens with zero attached hydrogens (tertiary/aromatic N) is 3. The number of anilines is 1. The second-order valence-corrected chi connectivity index (χ2v) is 8.94. The number of nitrogens with one attached hydrogen (secondary N) is 2. The predicted octanol–water partition coefficient (Wildman–Crippen LogP) is 2.47. The van der Waals surface area contributed by atoms with E-state index in [-0.39, 0.29) is 11.9 Å². The van der Waals surface area contributed by atoms with E-state index < -0.39 is 5.92 Å². The van der Waals surface area contributed by atoms with Gasteiger partial charge < -0.3 is 20.4 Å². The standard InChI is InChI=1S/C25H33N5O2/c1-18(2)28-22-7-6-10-27-23(22)20-9-8-19(25(32)30-13-4-3-5-14-30)21(17-31)24(20)29-15-11-26-12-16-29/h6-10,18-19,26,28H,3-5,11-16H2,1-2H3. The molecular formula is C25H33N5O2. The topological polar surface area (TPSA) is 77.6 Å². The van der Waals surface area contributed by atoms with Gasteiger partial charge in [-0.3, -0.25) is 9.78 Å². The molecule has 2 aliphatic heterocycles. The van der Waals surface area contributed by atoms with Crippen LogP contribution in [-0.2, 0) is 9.59 Å². The van der Waals surface area contributed by atoms with Gasteiger partial charge in [0.25, 0.3) is 0 Å². The van der Waals surface area contributed by atoms with Crippen LogP contribution in [0.15, 0.2) is 41.8 Å². The molecule has 32 heavy (non-hydrogen) atoms. The predicted molar refractivity (Wildman–Crippen MR) is 127 cm³/mol. The van der Waals surface area contributed by atoms with Crippen molar-refractivity contribution in [1.82, 2.24) is 20.1 Å². The Morgan fingerprint density at radius 1 is 1.19 bits per heavy atom. The second-order valence-electron chi connectivity index (χ2n) is 8.94. The number of allylic oxidation sites excluding steroid dienone is 3. The Hall–Kier alpha value is -2.89. The van der Waals surface area contributed by atoms with Crippen molar-refractivity contribution in [3.63, 3.8) is 0 Å². The molecule has 0 saturated carbocycles. The fraction of sp³-hybridized carbons (Fsp3) is 0.520. The zero-order valence-corrected chi connectivity index (χ0v) is 19.1. The summed E-state index contributed by atoms with van der Waals surface area (Å²) in [4.78, 5) is 34.6. The highest BCUT2D eigenvalue weighted by molar-refractivity contribution is 5.95. The number of pyridine rings is 1. The van der Waals surface area contributed by atoms with Gasteiger partial charge in [-0.1, -0.05) is 12.2 Å². The van der Waals surface area contributed by atoms with Crippen molar-refractivity contribution in [3.8, 4) is 0 Å². The molecular weight excluding hydrogens is 402 g/mol. The Bertz CT molecular complexity index is 949. The molecule has 4 rings (SSSR count). The van der Waals surface area contributed by atoms with E-state index in [9.17, 15) is 9.59 Å². The van der Waals surface area contributed by atoms with Crippen molar-refractivity contribution in [1.29, 1.82) is 0 Å². The van der Waals surface area contributed by atoms with Crippen LogP contribution in [0, 0.1) is 5.92 Å². The molecule has 2 N–H and O–H groups in total. The second kappa shape index (κ2) is 10.2. The zero-order chi connectivity index (χ0) is 22.5. The van der Waals surface area contributed by atoms with Crippen LogP contribution in [-0.4, -0.2) is 71.9 Å². The van der Waals surface area contributed by atoms with Gasteiger partial charge >= 0.3 is 0 Å². The summed E-state index contributed by atoms with van der Waals surface area (Å²) in [6, 6.07) is 4.15. The third-order valence-electron chi connectivity index (χ3n) is 6.26. The molecule has 2 saturated heterocycles. The molecule has 7 nitrogen and oxygen atoms in total. The number of likely N-dealkylation sites (tertiary alicyclic amines) is 1. The van der Waals surface area contributed by atoms with Crippen molar-refractivity contribution in [2.24, 2.45) is 5.92 Å². The minimum absolute atomic E-state index is 0.00698. The van der Waals surface area contributed by atoms with Crippen LogP contribution in [0.2, 0.25) is 0 Å². The number of piperidine rings is 1. The quantitative estimate of drug-likeness (QED) is 0.692. The molecule has 1 aromatic heterocycles. The lowest BCUT2D eigenvalue weighted by Gasteiger charge is -2.37. The molecule has 1 amide bonds. The number of carbonyl (C=O) groups excluding carboxylic acids is 2. The van der Waals surface area contributed by atoms with Crippen molar-refractivity contribution in [2.45, 2.75) is 39.2 Å². The summed E-state index contributed by atoms with van der Waals surface area (Å²) in [5.74, 6) is 1.60. The van der Waals surface area contributed by atoms with Crippen LogP contribution in [0.3, 0.4) is 0 Å².